The molecular weight excluding hydrogens is 362 g/mol. The Morgan fingerprint density at radius 1 is 1.04 bits per heavy atom. The minimum absolute atomic E-state index is 0.0847. The normalized spacial score (nSPS) is 10.4. The van der Waals surface area contributed by atoms with Crippen LogP contribution in [0.1, 0.15) is 21.7 Å². The van der Waals surface area contributed by atoms with Gasteiger partial charge in [-0.15, -0.1) is 0 Å². The average molecular weight is 379 g/mol. The molecule has 0 saturated carbocycles. The predicted molar refractivity (Wildman–Crippen MR) is 104 cm³/mol. The van der Waals surface area contributed by atoms with Gasteiger partial charge in [0.2, 0.25) is 5.95 Å². The quantitative estimate of drug-likeness (QED) is 0.350. The molecule has 0 unspecified atom stereocenters. The molecule has 0 fully saturated rings. The molecular formula is C19H17N5O4. The molecule has 3 N–H and O–H groups in total. The van der Waals surface area contributed by atoms with E-state index in [9.17, 15) is 20.0 Å². The van der Waals surface area contributed by atoms with E-state index in [0.29, 0.717) is 17.2 Å². The van der Waals surface area contributed by atoms with Gasteiger partial charge in [-0.3, -0.25) is 14.9 Å². The molecule has 142 valence electrons. The fourth-order valence-corrected chi connectivity index (χ4v) is 2.55. The van der Waals surface area contributed by atoms with Crippen molar-refractivity contribution in [3.05, 3.63) is 75.6 Å². The molecule has 0 aliphatic rings. The Balaban J connectivity index is 1.71. The number of anilines is 3. The van der Waals surface area contributed by atoms with Gasteiger partial charge in [0, 0.05) is 28.7 Å². The monoisotopic (exact) mass is 379 g/mol. The number of aromatic nitrogens is 2. The van der Waals surface area contributed by atoms with Crippen molar-refractivity contribution in [1.29, 1.82) is 0 Å². The third-order valence-corrected chi connectivity index (χ3v) is 3.83. The molecule has 0 radical (unpaired) electrons. The zero-order chi connectivity index (χ0) is 20.3. The molecule has 28 heavy (non-hydrogen) atoms. The second-order valence-electron chi connectivity index (χ2n) is 6.09. The van der Waals surface area contributed by atoms with E-state index in [1.807, 2.05) is 19.9 Å². The number of carbonyl (C=O) groups excluding carboxylic acids is 1. The first-order valence-electron chi connectivity index (χ1n) is 8.30. The Kier molecular flexibility index (Phi) is 5.16. The topological polar surface area (TPSA) is 130 Å². The molecule has 0 aliphatic carbocycles. The summed E-state index contributed by atoms with van der Waals surface area (Å²) in [6, 6.07) is 11.9. The van der Waals surface area contributed by atoms with Crippen LogP contribution in [0.3, 0.4) is 0 Å². The van der Waals surface area contributed by atoms with Crippen LogP contribution in [-0.2, 0) is 0 Å². The summed E-state index contributed by atoms with van der Waals surface area (Å²) in [6.45, 7) is 3.75. The Bertz CT molecular complexity index is 1030. The average Bonchev–Trinajstić information content (AvgIpc) is 2.63. The molecule has 0 atom stereocenters. The van der Waals surface area contributed by atoms with Gasteiger partial charge in [0.25, 0.3) is 11.6 Å². The number of carbonyl (C=O) groups is 1. The van der Waals surface area contributed by atoms with Crippen LogP contribution in [0.25, 0.3) is 0 Å². The third-order valence-electron chi connectivity index (χ3n) is 3.83. The summed E-state index contributed by atoms with van der Waals surface area (Å²) < 4.78 is 0. The van der Waals surface area contributed by atoms with Crippen LogP contribution in [0.4, 0.5) is 23.0 Å². The smallest absolute Gasteiger partial charge is 0.273 e. The van der Waals surface area contributed by atoms with E-state index in [1.165, 1.54) is 12.1 Å². The van der Waals surface area contributed by atoms with E-state index < -0.39 is 10.8 Å². The number of phenolic OH excluding ortho intramolecular Hbond substituents is 1. The minimum Gasteiger partial charge on any atom is -0.506 e. The van der Waals surface area contributed by atoms with Gasteiger partial charge in [0.1, 0.15) is 5.75 Å². The summed E-state index contributed by atoms with van der Waals surface area (Å²) in [7, 11) is 0. The SMILES string of the molecule is Cc1cc(C)nc(Nc2ccc(C(=O)Nc3ccc([N+](=O)[O-])cc3O)cc2)n1. The maximum atomic E-state index is 12.3. The van der Waals surface area contributed by atoms with Crippen molar-refractivity contribution in [3.8, 4) is 5.75 Å². The van der Waals surface area contributed by atoms with Gasteiger partial charge in [-0.25, -0.2) is 9.97 Å². The molecule has 1 amide bonds. The predicted octanol–water partition coefficient (Wildman–Crippen LogP) is 3.70. The summed E-state index contributed by atoms with van der Waals surface area (Å²) in [4.78, 5) is 31.0. The van der Waals surface area contributed by atoms with Crippen molar-refractivity contribution in [2.75, 3.05) is 10.6 Å². The molecule has 3 rings (SSSR count). The number of benzene rings is 2. The first-order valence-corrected chi connectivity index (χ1v) is 8.30. The number of nitro groups is 1. The summed E-state index contributed by atoms with van der Waals surface area (Å²) in [5.74, 6) is -0.378. The Morgan fingerprint density at radius 2 is 1.68 bits per heavy atom. The molecule has 0 spiro atoms. The highest BCUT2D eigenvalue weighted by molar-refractivity contribution is 6.05. The van der Waals surface area contributed by atoms with Crippen LogP contribution < -0.4 is 10.6 Å². The lowest BCUT2D eigenvalue weighted by Gasteiger charge is -2.09. The number of nitrogens with zero attached hydrogens (tertiary/aromatic N) is 3. The maximum absolute atomic E-state index is 12.3. The Hall–Kier alpha value is -4.01. The number of non-ortho nitro benzene ring substituents is 1. The number of nitro benzene ring substituents is 1. The van der Waals surface area contributed by atoms with Crippen molar-refractivity contribution < 1.29 is 14.8 Å². The van der Waals surface area contributed by atoms with Crippen LogP contribution in [0, 0.1) is 24.0 Å². The van der Waals surface area contributed by atoms with Gasteiger partial charge in [-0.2, -0.15) is 0 Å². The standard InChI is InChI=1S/C19H17N5O4/c1-11-9-12(2)21-19(20-11)22-14-5-3-13(4-6-14)18(26)23-16-8-7-15(24(27)28)10-17(16)25/h3-10,25H,1-2H3,(H,23,26)(H,20,21,22). The number of aromatic hydroxyl groups is 1. The minimum atomic E-state index is -0.628. The van der Waals surface area contributed by atoms with E-state index in [1.54, 1.807) is 24.3 Å². The van der Waals surface area contributed by atoms with Crippen molar-refractivity contribution in [3.63, 3.8) is 0 Å². The fraction of sp³-hybridized carbons (Fsp3) is 0.105. The van der Waals surface area contributed by atoms with Crippen LogP contribution in [0.15, 0.2) is 48.5 Å². The van der Waals surface area contributed by atoms with Gasteiger partial charge in [-0.1, -0.05) is 0 Å². The summed E-state index contributed by atoms with van der Waals surface area (Å²) in [5, 5.41) is 26.1. The van der Waals surface area contributed by atoms with Crippen molar-refractivity contribution >= 4 is 28.9 Å². The maximum Gasteiger partial charge on any atom is 0.273 e. The molecule has 0 saturated heterocycles. The van der Waals surface area contributed by atoms with E-state index in [-0.39, 0.29) is 17.1 Å². The van der Waals surface area contributed by atoms with Gasteiger partial charge < -0.3 is 15.7 Å². The second kappa shape index (κ2) is 7.70. The number of aryl methyl sites for hydroxylation is 2. The van der Waals surface area contributed by atoms with Crippen LogP contribution in [0.2, 0.25) is 0 Å². The van der Waals surface area contributed by atoms with Gasteiger partial charge in [-0.05, 0) is 50.2 Å². The molecule has 2 aromatic carbocycles. The molecule has 1 aromatic heterocycles. The lowest BCUT2D eigenvalue weighted by Crippen LogP contribution is -2.12. The first-order chi connectivity index (χ1) is 13.3. The Labute approximate surface area is 160 Å². The van der Waals surface area contributed by atoms with E-state index in [0.717, 1.165) is 17.5 Å². The van der Waals surface area contributed by atoms with Crippen LogP contribution in [0.5, 0.6) is 5.75 Å². The molecule has 9 nitrogen and oxygen atoms in total. The van der Waals surface area contributed by atoms with Crippen molar-refractivity contribution in [2.24, 2.45) is 0 Å². The fourth-order valence-electron chi connectivity index (χ4n) is 2.55. The van der Waals surface area contributed by atoms with Crippen molar-refractivity contribution in [1.82, 2.24) is 9.97 Å². The second-order valence-corrected chi connectivity index (χ2v) is 6.09. The Morgan fingerprint density at radius 3 is 2.25 bits per heavy atom. The zero-order valence-corrected chi connectivity index (χ0v) is 15.1. The van der Waals surface area contributed by atoms with E-state index in [2.05, 4.69) is 20.6 Å². The molecule has 0 bridgehead atoms. The molecule has 1 heterocycles. The van der Waals surface area contributed by atoms with Gasteiger partial charge >= 0.3 is 0 Å². The zero-order valence-electron chi connectivity index (χ0n) is 15.1. The lowest BCUT2D eigenvalue weighted by atomic mass is 10.2. The molecule has 3 aromatic rings. The number of hydrogen-bond donors (Lipinski definition) is 3. The molecule has 9 heteroatoms. The van der Waals surface area contributed by atoms with E-state index in [4.69, 9.17) is 0 Å². The highest BCUT2D eigenvalue weighted by atomic mass is 16.6. The number of hydrogen-bond acceptors (Lipinski definition) is 7. The largest absolute Gasteiger partial charge is 0.506 e. The number of amides is 1. The summed E-state index contributed by atoms with van der Waals surface area (Å²) >= 11 is 0. The number of nitrogens with one attached hydrogen (secondary N) is 2. The summed E-state index contributed by atoms with van der Waals surface area (Å²) in [6.07, 6.45) is 0. The van der Waals surface area contributed by atoms with E-state index >= 15 is 0 Å². The van der Waals surface area contributed by atoms with Crippen molar-refractivity contribution in [2.45, 2.75) is 13.8 Å². The number of rotatable bonds is 5. The van der Waals surface area contributed by atoms with Gasteiger partial charge in [0.15, 0.2) is 0 Å². The lowest BCUT2D eigenvalue weighted by molar-refractivity contribution is -0.384. The number of phenols is 1. The highest BCUT2D eigenvalue weighted by Crippen LogP contribution is 2.28. The molecule has 0 aliphatic heterocycles. The highest BCUT2D eigenvalue weighted by Gasteiger charge is 2.13. The van der Waals surface area contributed by atoms with Crippen LogP contribution >= 0.6 is 0 Å². The van der Waals surface area contributed by atoms with Crippen LogP contribution in [-0.4, -0.2) is 25.9 Å². The van der Waals surface area contributed by atoms with Gasteiger partial charge in [0.05, 0.1) is 16.7 Å². The summed E-state index contributed by atoms with van der Waals surface area (Å²) in [5.41, 5.74) is 2.56. The third kappa shape index (κ3) is 4.39. The first kappa shape index (κ1) is 18.8.